The topological polar surface area (TPSA) is 95.1 Å². The molecule has 100 valence electrons. The Morgan fingerprint density at radius 3 is 2.78 bits per heavy atom. The van der Waals surface area contributed by atoms with Crippen LogP contribution in [-0.2, 0) is 11.2 Å². The minimum absolute atomic E-state index is 0.188. The first-order valence-electron chi connectivity index (χ1n) is 6.17. The van der Waals surface area contributed by atoms with Crippen molar-refractivity contribution >= 4 is 11.9 Å². The molecule has 0 spiro atoms. The molecule has 1 aromatic heterocycles. The van der Waals surface area contributed by atoms with Crippen molar-refractivity contribution in [2.45, 2.75) is 39.0 Å². The number of aromatic amines is 1. The third-order valence-electron chi connectivity index (χ3n) is 2.60. The maximum atomic E-state index is 11.6. The van der Waals surface area contributed by atoms with Gasteiger partial charge in [-0.05, 0) is 25.3 Å². The van der Waals surface area contributed by atoms with Crippen molar-refractivity contribution in [3.8, 4) is 0 Å². The molecule has 0 saturated carbocycles. The number of nitrogens with one attached hydrogen (secondary N) is 2. The molecule has 0 aliphatic carbocycles. The number of amides is 1. The second-order valence-corrected chi connectivity index (χ2v) is 4.09. The molecule has 3 N–H and O–H groups in total. The first-order valence-corrected chi connectivity index (χ1v) is 6.17. The summed E-state index contributed by atoms with van der Waals surface area (Å²) in [4.78, 5) is 21.9. The maximum absolute atomic E-state index is 11.6. The zero-order valence-corrected chi connectivity index (χ0v) is 10.5. The lowest BCUT2D eigenvalue weighted by Gasteiger charge is -2.02. The molecular formula is C12H19N3O3. The molecule has 6 heteroatoms. The minimum atomic E-state index is -0.775. The van der Waals surface area contributed by atoms with Crippen molar-refractivity contribution in [1.82, 2.24) is 15.5 Å². The molecule has 0 saturated heterocycles. The van der Waals surface area contributed by atoms with Gasteiger partial charge in [0.1, 0.15) is 5.69 Å². The van der Waals surface area contributed by atoms with E-state index in [-0.39, 0.29) is 12.3 Å². The van der Waals surface area contributed by atoms with E-state index in [1.807, 2.05) is 6.92 Å². The molecule has 0 fully saturated rings. The molecule has 1 heterocycles. The summed E-state index contributed by atoms with van der Waals surface area (Å²) in [6, 6.07) is 1.74. The van der Waals surface area contributed by atoms with Gasteiger partial charge in [0.15, 0.2) is 0 Å². The highest BCUT2D eigenvalue weighted by molar-refractivity contribution is 5.92. The van der Waals surface area contributed by atoms with Gasteiger partial charge >= 0.3 is 5.97 Å². The van der Waals surface area contributed by atoms with Gasteiger partial charge < -0.3 is 10.4 Å². The van der Waals surface area contributed by atoms with Gasteiger partial charge in [-0.3, -0.25) is 14.7 Å². The number of carboxylic acids is 1. The van der Waals surface area contributed by atoms with E-state index in [0.717, 1.165) is 25.0 Å². The molecule has 0 aliphatic heterocycles. The number of nitrogens with zero attached hydrogens (tertiary/aromatic N) is 1. The molecule has 1 rings (SSSR count). The Morgan fingerprint density at radius 1 is 1.39 bits per heavy atom. The summed E-state index contributed by atoms with van der Waals surface area (Å²) in [5, 5.41) is 17.9. The van der Waals surface area contributed by atoms with Gasteiger partial charge in [0.05, 0.1) is 0 Å². The van der Waals surface area contributed by atoms with Gasteiger partial charge in [0.2, 0.25) is 0 Å². The average Bonchev–Trinajstić information content (AvgIpc) is 2.81. The number of rotatable bonds is 8. The van der Waals surface area contributed by atoms with Gasteiger partial charge in [-0.1, -0.05) is 13.3 Å². The largest absolute Gasteiger partial charge is 0.481 e. The van der Waals surface area contributed by atoms with Crippen LogP contribution in [0.1, 0.15) is 48.8 Å². The summed E-state index contributed by atoms with van der Waals surface area (Å²) in [5.74, 6) is -0.966. The lowest BCUT2D eigenvalue weighted by molar-refractivity contribution is -0.137. The van der Waals surface area contributed by atoms with Crippen LogP contribution in [0.3, 0.4) is 0 Å². The van der Waals surface area contributed by atoms with Crippen LogP contribution in [0.2, 0.25) is 0 Å². The number of aliphatic carboxylic acids is 1. The van der Waals surface area contributed by atoms with Gasteiger partial charge in [-0.15, -0.1) is 0 Å². The highest BCUT2D eigenvalue weighted by atomic mass is 16.4. The first-order chi connectivity index (χ1) is 8.63. The highest BCUT2D eigenvalue weighted by Gasteiger charge is 2.08. The van der Waals surface area contributed by atoms with E-state index in [4.69, 9.17) is 5.11 Å². The van der Waals surface area contributed by atoms with Crippen molar-refractivity contribution in [3.63, 3.8) is 0 Å². The molecule has 6 nitrogen and oxygen atoms in total. The lowest BCUT2D eigenvalue weighted by Crippen LogP contribution is -2.24. The van der Waals surface area contributed by atoms with Crippen LogP contribution in [0.15, 0.2) is 6.07 Å². The third-order valence-corrected chi connectivity index (χ3v) is 2.60. The van der Waals surface area contributed by atoms with Crippen LogP contribution in [0.5, 0.6) is 0 Å². The predicted octanol–water partition coefficient (Wildman–Crippen LogP) is 1.35. The smallest absolute Gasteiger partial charge is 0.303 e. The number of unbranched alkanes of at least 4 members (excludes halogenated alkanes) is 2. The molecule has 1 aromatic rings. The summed E-state index contributed by atoms with van der Waals surface area (Å²) >= 11 is 0. The van der Waals surface area contributed by atoms with Crippen LogP contribution in [0.25, 0.3) is 0 Å². The van der Waals surface area contributed by atoms with Crippen molar-refractivity contribution in [1.29, 1.82) is 0 Å². The Hall–Kier alpha value is -1.85. The number of carbonyl (C=O) groups excluding carboxylic acids is 1. The number of aryl methyl sites for hydroxylation is 1. The zero-order valence-electron chi connectivity index (χ0n) is 10.5. The molecule has 0 aromatic carbocycles. The normalized spacial score (nSPS) is 10.3. The number of hydrogen-bond donors (Lipinski definition) is 3. The molecule has 0 unspecified atom stereocenters. The molecule has 0 atom stereocenters. The molecule has 0 radical (unpaired) electrons. The van der Waals surface area contributed by atoms with Crippen molar-refractivity contribution in [2.24, 2.45) is 0 Å². The molecule has 0 aliphatic rings. The average molecular weight is 253 g/mol. The van der Waals surface area contributed by atoms with E-state index in [1.165, 1.54) is 0 Å². The van der Waals surface area contributed by atoms with Crippen LogP contribution in [0.4, 0.5) is 0 Å². The van der Waals surface area contributed by atoms with E-state index in [0.29, 0.717) is 18.7 Å². The van der Waals surface area contributed by atoms with Crippen molar-refractivity contribution < 1.29 is 14.7 Å². The van der Waals surface area contributed by atoms with Crippen LogP contribution < -0.4 is 5.32 Å². The fraction of sp³-hybridized carbons (Fsp3) is 0.583. The fourth-order valence-corrected chi connectivity index (χ4v) is 1.53. The van der Waals surface area contributed by atoms with E-state index >= 15 is 0 Å². The lowest BCUT2D eigenvalue weighted by atomic mass is 10.2. The van der Waals surface area contributed by atoms with Crippen molar-refractivity contribution in [2.75, 3.05) is 6.54 Å². The fourth-order valence-electron chi connectivity index (χ4n) is 1.53. The molecule has 1 amide bonds. The Bertz CT molecular complexity index is 401. The third kappa shape index (κ3) is 4.99. The van der Waals surface area contributed by atoms with Gasteiger partial charge in [0, 0.05) is 18.7 Å². The summed E-state index contributed by atoms with van der Waals surface area (Å²) in [7, 11) is 0. The number of hydrogen-bond acceptors (Lipinski definition) is 3. The van der Waals surface area contributed by atoms with Crippen LogP contribution in [0, 0.1) is 0 Å². The Kier molecular flexibility index (Phi) is 5.90. The van der Waals surface area contributed by atoms with Crippen LogP contribution >= 0.6 is 0 Å². The summed E-state index contributed by atoms with van der Waals surface area (Å²) in [5.41, 5.74) is 1.33. The van der Waals surface area contributed by atoms with E-state index in [9.17, 15) is 9.59 Å². The zero-order chi connectivity index (χ0) is 13.4. The molecule has 0 bridgehead atoms. The minimum Gasteiger partial charge on any atom is -0.481 e. The SMILES string of the molecule is CCc1cc(C(=O)NCCCCCC(=O)O)n[nH]1. The van der Waals surface area contributed by atoms with E-state index in [1.54, 1.807) is 6.07 Å². The van der Waals surface area contributed by atoms with Gasteiger partial charge in [-0.2, -0.15) is 5.10 Å². The standard InChI is InChI=1S/C12H19N3O3/c1-2-9-8-10(15-14-9)12(18)13-7-5-3-4-6-11(16)17/h8H,2-7H2,1H3,(H,13,18)(H,14,15)(H,16,17). The molecule has 18 heavy (non-hydrogen) atoms. The Balaban J connectivity index is 2.15. The monoisotopic (exact) mass is 253 g/mol. The second-order valence-electron chi connectivity index (χ2n) is 4.09. The number of aromatic nitrogens is 2. The van der Waals surface area contributed by atoms with Crippen molar-refractivity contribution in [3.05, 3.63) is 17.5 Å². The van der Waals surface area contributed by atoms with E-state index < -0.39 is 5.97 Å². The summed E-state index contributed by atoms with van der Waals surface area (Å²) < 4.78 is 0. The Labute approximate surface area is 106 Å². The highest BCUT2D eigenvalue weighted by Crippen LogP contribution is 2.01. The summed E-state index contributed by atoms with van der Waals surface area (Å²) in [6.45, 7) is 2.53. The van der Waals surface area contributed by atoms with Gasteiger partial charge in [0.25, 0.3) is 5.91 Å². The summed E-state index contributed by atoms with van der Waals surface area (Å²) in [6.07, 6.45) is 3.23. The maximum Gasteiger partial charge on any atom is 0.303 e. The van der Waals surface area contributed by atoms with E-state index in [2.05, 4.69) is 15.5 Å². The Morgan fingerprint density at radius 2 is 2.17 bits per heavy atom. The van der Waals surface area contributed by atoms with Crippen LogP contribution in [-0.4, -0.2) is 33.7 Å². The number of H-pyrrole nitrogens is 1. The number of carboxylic acid groups (broad SMARTS) is 1. The number of carbonyl (C=O) groups is 2. The van der Waals surface area contributed by atoms with Gasteiger partial charge in [-0.25, -0.2) is 0 Å². The first kappa shape index (κ1) is 14.2. The molecular weight excluding hydrogens is 234 g/mol. The predicted molar refractivity (Wildman–Crippen MR) is 66.4 cm³/mol. The quantitative estimate of drug-likeness (QED) is 0.609. The second kappa shape index (κ2) is 7.47.